The van der Waals surface area contributed by atoms with E-state index in [9.17, 15) is 0 Å². The first-order valence-electron chi connectivity index (χ1n) is 6.18. The molecular formula is C12H21N3OS2. The van der Waals surface area contributed by atoms with Gasteiger partial charge in [-0.1, -0.05) is 0 Å². The van der Waals surface area contributed by atoms with Crippen LogP contribution in [-0.2, 0) is 4.74 Å². The number of nitrogens with one attached hydrogen (secondary N) is 2. The molecule has 1 atom stereocenters. The van der Waals surface area contributed by atoms with Gasteiger partial charge in [0, 0.05) is 30.8 Å². The molecule has 0 saturated carbocycles. The van der Waals surface area contributed by atoms with E-state index in [4.69, 9.17) is 17.0 Å². The van der Waals surface area contributed by atoms with E-state index in [1.165, 1.54) is 4.88 Å². The highest BCUT2D eigenvalue weighted by molar-refractivity contribution is 7.80. The maximum absolute atomic E-state index is 5.26. The van der Waals surface area contributed by atoms with Gasteiger partial charge >= 0.3 is 0 Å². The van der Waals surface area contributed by atoms with E-state index in [0.717, 1.165) is 31.2 Å². The normalized spacial score (nSPS) is 12.2. The summed E-state index contributed by atoms with van der Waals surface area (Å²) in [5.41, 5.74) is 0. The van der Waals surface area contributed by atoms with Crippen LogP contribution in [0.15, 0.2) is 6.20 Å². The molecule has 1 aromatic heterocycles. The third-order valence-corrected chi connectivity index (χ3v) is 3.67. The number of hydrogen-bond acceptors (Lipinski definition) is 4. The van der Waals surface area contributed by atoms with Crippen molar-refractivity contribution in [2.75, 3.05) is 19.8 Å². The Labute approximate surface area is 118 Å². The molecule has 0 radical (unpaired) electrons. The van der Waals surface area contributed by atoms with Crippen LogP contribution in [0.25, 0.3) is 0 Å². The van der Waals surface area contributed by atoms with Crippen LogP contribution in [0.4, 0.5) is 0 Å². The average molecular weight is 287 g/mol. The maximum atomic E-state index is 5.26. The SMILES string of the molecule is CCOCCCNC(=S)NC(C)c1ncc(C)s1. The van der Waals surface area contributed by atoms with Crippen LogP contribution in [0, 0.1) is 6.92 Å². The molecular weight excluding hydrogens is 266 g/mol. The number of aromatic nitrogens is 1. The second kappa shape index (κ2) is 8.39. The lowest BCUT2D eigenvalue weighted by Gasteiger charge is -2.14. The van der Waals surface area contributed by atoms with Gasteiger partial charge in [0.25, 0.3) is 0 Å². The van der Waals surface area contributed by atoms with E-state index >= 15 is 0 Å². The highest BCUT2D eigenvalue weighted by Crippen LogP contribution is 2.18. The molecule has 0 aliphatic rings. The second-order valence-corrected chi connectivity index (χ2v) is 5.66. The molecule has 18 heavy (non-hydrogen) atoms. The van der Waals surface area contributed by atoms with Crippen molar-refractivity contribution in [2.45, 2.75) is 33.2 Å². The Kier molecular flexibility index (Phi) is 7.15. The fourth-order valence-electron chi connectivity index (χ4n) is 1.40. The number of rotatable bonds is 7. The van der Waals surface area contributed by atoms with Gasteiger partial charge < -0.3 is 15.4 Å². The van der Waals surface area contributed by atoms with Crippen molar-refractivity contribution in [3.05, 3.63) is 16.1 Å². The molecule has 0 fully saturated rings. The van der Waals surface area contributed by atoms with Gasteiger partial charge in [-0.3, -0.25) is 0 Å². The van der Waals surface area contributed by atoms with Crippen molar-refractivity contribution >= 4 is 28.7 Å². The van der Waals surface area contributed by atoms with E-state index in [2.05, 4.69) is 29.5 Å². The molecule has 0 aromatic carbocycles. The van der Waals surface area contributed by atoms with Gasteiger partial charge in [-0.15, -0.1) is 11.3 Å². The monoisotopic (exact) mass is 287 g/mol. The van der Waals surface area contributed by atoms with Crippen molar-refractivity contribution in [1.82, 2.24) is 15.6 Å². The molecule has 0 aliphatic carbocycles. The van der Waals surface area contributed by atoms with E-state index in [1.54, 1.807) is 11.3 Å². The Balaban J connectivity index is 2.19. The first kappa shape index (κ1) is 15.3. The summed E-state index contributed by atoms with van der Waals surface area (Å²) in [5.74, 6) is 0. The predicted molar refractivity (Wildman–Crippen MR) is 80.1 cm³/mol. The van der Waals surface area contributed by atoms with Crippen LogP contribution in [0.2, 0.25) is 0 Å². The Bertz CT molecular complexity index is 368. The molecule has 1 rings (SSSR count). The van der Waals surface area contributed by atoms with Gasteiger partial charge in [0.2, 0.25) is 0 Å². The van der Waals surface area contributed by atoms with Gasteiger partial charge in [-0.05, 0) is 39.4 Å². The summed E-state index contributed by atoms with van der Waals surface area (Å²) >= 11 is 6.92. The van der Waals surface area contributed by atoms with E-state index < -0.39 is 0 Å². The largest absolute Gasteiger partial charge is 0.382 e. The minimum atomic E-state index is 0.149. The summed E-state index contributed by atoms with van der Waals surface area (Å²) in [6, 6.07) is 0.149. The number of hydrogen-bond donors (Lipinski definition) is 2. The van der Waals surface area contributed by atoms with E-state index in [0.29, 0.717) is 5.11 Å². The lowest BCUT2D eigenvalue weighted by molar-refractivity contribution is 0.145. The third-order valence-electron chi connectivity index (χ3n) is 2.31. The quantitative estimate of drug-likeness (QED) is 0.596. The zero-order chi connectivity index (χ0) is 13.4. The summed E-state index contributed by atoms with van der Waals surface area (Å²) in [4.78, 5) is 5.56. The van der Waals surface area contributed by atoms with Crippen molar-refractivity contribution in [1.29, 1.82) is 0 Å². The number of thiocarbonyl (C=S) groups is 1. The summed E-state index contributed by atoms with van der Waals surface area (Å²) < 4.78 is 5.26. The van der Waals surface area contributed by atoms with E-state index in [1.807, 2.05) is 13.1 Å². The lowest BCUT2D eigenvalue weighted by atomic mass is 10.3. The summed E-state index contributed by atoms with van der Waals surface area (Å²) in [6.07, 6.45) is 2.84. The molecule has 0 spiro atoms. The van der Waals surface area contributed by atoms with Crippen LogP contribution >= 0.6 is 23.6 Å². The van der Waals surface area contributed by atoms with Crippen LogP contribution < -0.4 is 10.6 Å². The second-order valence-electron chi connectivity index (χ2n) is 3.98. The standard InChI is InChI=1S/C12H21N3OS2/c1-4-16-7-5-6-13-12(17)15-10(3)11-14-8-9(2)18-11/h8,10H,4-7H2,1-3H3,(H2,13,15,17). The summed E-state index contributed by atoms with van der Waals surface area (Å²) in [5, 5.41) is 8.13. The average Bonchev–Trinajstić information content (AvgIpc) is 2.75. The predicted octanol–water partition coefficient (Wildman–Crippen LogP) is 2.40. The van der Waals surface area contributed by atoms with Crippen molar-refractivity contribution < 1.29 is 4.74 Å². The fourth-order valence-corrected chi connectivity index (χ4v) is 2.46. The smallest absolute Gasteiger partial charge is 0.166 e. The minimum absolute atomic E-state index is 0.149. The summed E-state index contributed by atoms with van der Waals surface area (Å²) in [7, 11) is 0. The number of aryl methyl sites for hydroxylation is 1. The van der Waals surface area contributed by atoms with Gasteiger partial charge in [0.05, 0.1) is 6.04 Å². The third kappa shape index (κ3) is 5.75. The molecule has 0 bridgehead atoms. The van der Waals surface area contributed by atoms with Crippen molar-refractivity contribution in [3.8, 4) is 0 Å². The summed E-state index contributed by atoms with van der Waals surface area (Å²) in [6.45, 7) is 8.48. The zero-order valence-corrected chi connectivity index (χ0v) is 12.8. The maximum Gasteiger partial charge on any atom is 0.166 e. The minimum Gasteiger partial charge on any atom is -0.382 e. The molecule has 102 valence electrons. The Morgan fingerprint density at radius 1 is 1.61 bits per heavy atom. The highest BCUT2D eigenvalue weighted by Gasteiger charge is 2.09. The Hall–Kier alpha value is -0.720. The highest BCUT2D eigenvalue weighted by atomic mass is 32.1. The molecule has 0 aliphatic heterocycles. The van der Waals surface area contributed by atoms with Gasteiger partial charge in [-0.2, -0.15) is 0 Å². The van der Waals surface area contributed by atoms with Gasteiger partial charge in [0.15, 0.2) is 5.11 Å². The fraction of sp³-hybridized carbons (Fsp3) is 0.667. The van der Waals surface area contributed by atoms with Gasteiger partial charge in [-0.25, -0.2) is 4.98 Å². The molecule has 4 nitrogen and oxygen atoms in total. The first-order valence-corrected chi connectivity index (χ1v) is 7.40. The Morgan fingerprint density at radius 3 is 3.00 bits per heavy atom. The number of nitrogens with zero attached hydrogens (tertiary/aromatic N) is 1. The zero-order valence-electron chi connectivity index (χ0n) is 11.2. The Morgan fingerprint density at radius 2 is 2.39 bits per heavy atom. The van der Waals surface area contributed by atoms with Crippen molar-refractivity contribution in [2.24, 2.45) is 0 Å². The van der Waals surface area contributed by atoms with Gasteiger partial charge in [0.1, 0.15) is 5.01 Å². The molecule has 0 amide bonds. The topological polar surface area (TPSA) is 46.2 Å². The molecule has 2 N–H and O–H groups in total. The molecule has 6 heteroatoms. The number of ether oxygens (including phenoxy) is 1. The van der Waals surface area contributed by atoms with Crippen molar-refractivity contribution in [3.63, 3.8) is 0 Å². The molecule has 1 aromatic rings. The van der Waals surface area contributed by atoms with Crippen LogP contribution in [0.3, 0.4) is 0 Å². The van der Waals surface area contributed by atoms with Crippen LogP contribution in [0.5, 0.6) is 0 Å². The molecule has 1 heterocycles. The van der Waals surface area contributed by atoms with E-state index in [-0.39, 0.29) is 6.04 Å². The van der Waals surface area contributed by atoms with Crippen LogP contribution in [-0.4, -0.2) is 29.9 Å². The number of thiazole rings is 1. The lowest BCUT2D eigenvalue weighted by Crippen LogP contribution is -2.37. The first-order chi connectivity index (χ1) is 8.63. The van der Waals surface area contributed by atoms with Crippen LogP contribution in [0.1, 0.15) is 36.2 Å². The molecule has 1 unspecified atom stereocenters. The molecule has 0 saturated heterocycles.